The fraction of sp³-hybridized carbons (Fsp3) is 0.462. The Labute approximate surface area is 111 Å². The van der Waals surface area contributed by atoms with Crippen LogP contribution in [0.4, 0.5) is 5.69 Å². The Kier molecular flexibility index (Phi) is 4.03. The normalized spacial score (nSPS) is 20.2. The molecule has 0 saturated carbocycles. The lowest BCUT2D eigenvalue weighted by molar-refractivity contribution is 0.322. The molecule has 1 aliphatic heterocycles. The Morgan fingerprint density at radius 1 is 1.59 bits per heavy atom. The van der Waals surface area contributed by atoms with Gasteiger partial charge in [0.15, 0.2) is 0 Å². The molecule has 2 rings (SSSR count). The van der Waals surface area contributed by atoms with Crippen LogP contribution in [0.5, 0.6) is 0 Å². The molecule has 90 valence electrons. The number of nitrogens with one attached hydrogen (secondary N) is 1. The number of likely N-dealkylation sites (N-methyl/N-ethyl adjacent to an activating group) is 1. The summed E-state index contributed by atoms with van der Waals surface area (Å²) in [4.78, 5) is 2.39. The minimum atomic E-state index is 0.629. The molecule has 1 heterocycles. The standard InChI is InChI=1S/C13H16BrN3/c1-17-6-2-3-12(17)9-16-11-5-4-10(8-15)13(14)7-11/h4-5,7,12,16H,2-3,6,9H2,1H3. The zero-order valence-electron chi connectivity index (χ0n) is 9.91. The highest BCUT2D eigenvalue weighted by Gasteiger charge is 2.20. The summed E-state index contributed by atoms with van der Waals surface area (Å²) < 4.78 is 0.852. The average molecular weight is 294 g/mol. The van der Waals surface area contributed by atoms with E-state index < -0.39 is 0 Å². The molecule has 1 aliphatic rings. The summed E-state index contributed by atoms with van der Waals surface area (Å²) >= 11 is 3.40. The molecule has 1 N–H and O–H groups in total. The van der Waals surface area contributed by atoms with E-state index in [1.165, 1.54) is 19.4 Å². The third kappa shape index (κ3) is 2.99. The van der Waals surface area contributed by atoms with E-state index in [2.05, 4.69) is 39.3 Å². The van der Waals surface area contributed by atoms with Crippen molar-refractivity contribution in [3.05, 3.63) is 28.2 Å². The third-order valence-corrected chi connectivity index (χ3v) is 3.96. The molecule has 1 aromatic rings. The van der Waals surface area contributed by atoms with Gasteiger partial charge in [-0.2, -0.15) is 5.26 Å². The zero-order chi connectivity index (χ0) is 12.3. The summed E-state index contributed by atoms with van der Waals surface area (Å²) in [6.07, 6.45) is 2.56. The van der Waals surface area contributed by atoms with Gasteiger partial charge in [0.2, 0.25) is 0 Å². The molecule has 1 aromatic carbocycles. The number of nitrogens with zero attached hydrogens (tertiary/aromatic N) is 2. The van der Waals surface area contributed by atoms with Crippen LogP contribution in [0.3, 0.4) is 0 Å². The molecular weight excluding hydrogens is 278 g/mol. The Bertz CT molecular complexity index is 439. The van der Waals surface area contributed by atoms with Gasteiger partial charge in [0.25, 0.3) is 0 Å². The van der Waals surface area contributed by atoms with Gasteiger partial charge in [-0.1, -0.05) is 0 Å². The molecule has 0 aliphatic carbocycles. The van der Waals surface area contributed by atoms with Crippen molar-refractivity contribution in [2.24, 2.45) is 0 Å². The Morgan fingerprint density at radius 3 is 3.00 bits per heavy atom. The van der Waals surface area contributed by atoms with Gasteiger partial charge in [0.05, 0.1) is 5.56 Å². The van der Waals surface area contributed by atoms with Gasteiger partial charge in [0.1, 0.15) is 6.07 Å². The summed E-state index contributed by atoms with van der Waals surface area (Å²) in [5.41, 5.74) is 1.74. The molecule has 1 unspecified atom stereocenters. The number of hydrogen-bond acceptors (Lipinski definition) is 3. The molecule has 1 saturated heterocycles. The molecule has 4 heteroatoms. The molecular formula is C13H16BrN3. The number of benzene rings is 1. The van der Waals surface area contributed by atoms with Crippen LogP contribution in [0.15, 0.2) is 22.7 Å². The van der Waals surface area contributed by atoms with Crippen molar-refractivity contribution in [3.8, 4) is 6.07 Å². The molecule has 0 spiro atoms. The second-order valence-electron chi connectivity index (χ2n) is 4.46. The molecule has 0 radical (unpaired) electrons. The first-order chi connectivity index (χ1) is 8.20. The molecule has 0 aromatic heterocycles. The lowest BCUT2D eigenvalue weighted by atomic mass is 10.2. The highest BCUT2D eigenvalue weighted by molar-refractivity contribution is 9.10. The van der Waals surface area contributed by atoms with Gasteiger partial charge < -0.3 is 10.2 Å². The molecule has 17 heavy (non-hydrogen) atoms. The topological polar surface area (TPSA) is 39.1 Å². The number of nitriles is 1. The predicted octanol–water partition coefficient (Wildman–Crippen LogP) is 2.83. The summed E-state index contributed by atoms with van der Waals surface area (Å²) in [6, 6.07) is 8.53. The minimum Gasteiger partial charge on any atom is -0.383 e. The van der Waals surface area contributed by atoms with E-state index in [1.54, 1.807) is 0 Å². The van der Waals surface area contributed by atoms with Crippen molar-refractivity contribution < 1.29 is 0 Å². The Balaban J connectivity index is 1.95. The van der Waals surface area contributed by atoms with Crippen LogP contribution in [-0.2, 0) is 0 Å². The van der Waals surface area contributed by atoms with E-state index in [0.29, 0.717) is 11.6 Å². The fourth-order valence-corrected chi connectivity index (χ4v) is 2.66. The summed E-state index contributed by atoms with van der Waals surface area (Å²) in [6.45, 7) is 2.16. The van der Waals surface area contributed by atoms with E-state index in [9.17, 15) is 0 Å². The quantitative estimate of drug-likeness (QED) is 0.931. The molecule has 0 amide bonds. The van der Waals surface area contributed by atoms with Gasteiger partial charge >= 0.3 is 0 Å². The molecule has 1 atom stereocenters. The first kappa shape index (κ1) is 12.4. The van der Waals surface area contributed by atoms with Crippen molar-refractivity contribution in [3.63, 3.8) is 0 Å². The highest BCUT2D eigenvalue weighted by Crippen LogP contribution is 2.22. The highest BCUT2D eigenvalue weighted by atomic mass is 79.9. The summed E-state index contributed by atoms with van der Waals surface area (Å²) in [5, 5.41) is 12.3. The SMILES string of the molecule is CN1CCCC1CNc1ccc(C#N)c(Br)c1. The number of rotatable bonds is 3. The van der Waals surface area contributed by atoms with E-state index >= 15 is 0 Å². The Morgan fingerprint density at radius 2 is 2.41 bits per heavy atom. The van der Waals surface area contributed by atoms with E-state index in [0.717, 1.165) is 16.7 Å². The zero-order valence-corrected chi connectivity index (χ0v) is 11.5. The smallest absolute Gasteiger partial charge is 0.100 e. The number of hydrogen-bond donors (Lipinski definition) is 1. The molecule has 1 fully saturated rings. The van der Waals surface area contributed by atoms with Crippen LogP contribution in [0, 0.1) is 11.3 Å². The van der Waals surface area contributed by atoms with E-state index in [4.69, 9.17) is 5.26 Å². The van der Waals surface area contributed by atoms with Crippen LogP contribution < -0.4 is 5.32 Å². The maximum absolute atomic E-state index is 8.84. The average Bonchev–Trinajstić information content (AvgIpc) is 2.72. The third-order valence-electron chi connectivity index (χ3n) is 3.30. The van der Waals surface area contributed by atoms with Crippen LogP contribution in [-0.4, -0.2) is 31.1 Å². The molecule has 0 bridgehead atoms. The minimum absolute atomic E-state index is 0.629. The maximum Gasteiger partial charge on any atom is 0.100 e. The van der Waals surface area contributed by atoms with Gasteiger partial charge in [-0.15, -0.1) is 0 Å². The monoisotopic (exact) mass is 293 g/mol. The van der Waals surface area contributed by atoms with Gasteiger partial charge in [-0.3, -0.25) is 0 Å². The second kappa shape index (κ2) is 5.52. The van der Waals surface area contributed by atoms with E-state index in [1.807, 2.05) is 18.2 Å². The van der Waals surface area contributed by atoms with Crippen molar-refractivity contribution in [2.75, 3.05) is 25.5 Å². The predicted molar refractivity (Wildman–Crippen MR) is 73.0 cm³/mol. The second-order valence-corrected chi connectivity index (χ2v) is 5.32. The van der Waals surface area contributed by atoms with Crippen LogP contribution in [0.2, 0.25) is 0 Å². The summed E-state index contributed by atoms with van der Waals surface area (Å²) in [5.74, 6) is 0. The van der Waals surface area contributed by atoms with Crippen LogP contribution in [0.25, 0.3) is 0 Å². The molecule has 3 nitrogen and oxygen atoms in total. The maximum atomic E-state index is 8.84. The lowest BCUT2D eigenvalue weighted by Crippen LogP contribution is -2.31. The van der Waals surface area contributed by atoms with Crippen molar-refractivity contribution in [1.29, 1.82) is 5.26 Å². The number of halogens is 1. The largest absolute Gasteiger partial charge is 0.383 e. The number of anilines is 1. The van der Waals surface area contributed by atoms with Gasteiger partial charge in [-0.05, 0) is 60.6 Å². The van der Waals surface area contributed by atoms with Crippen molar-refractivity contribution in [2.45, 2.75) is 18.9 Å². The fourth-order valence-electron chi connectivity index (χ4n) is 2.19. The van der Waals surface area contributed by atoms with Crippen molar-refractivity contribution >= 4 is 21.6 Å². The van der Waals surface area contributed by atoms with Gasteiger partial charge in [0, 0.05) is 22.7 Å². The van der Waals surface area contributed by atoms with Crippen LogP contribution in [0.1, 0.15) is 18.4 Å². The Hall–Kier alpha value is -1.05. The lowest BCUT2D eigenvalue weighted by Gasteiger charge is -2.20. The van der Waals surface area contributed by atoms with Crippen LogP contribution >= 0.6 is 15.9 Å². The first-order valence-corrected chi connectivity index (χ1v) is 6.64. The van der Waals surface area contributed by atoms with Crippen molar-refractivity contribution in [1.82, 2.24) is 4.90 Å². The van der Waals surface area contributed by atoms with Gasteiger partial charge in [-0.25, -0.2) is 0 Å². The van der Waals surface area contributed by atoms with E-state index in [-0.39, 0.29) is 0 Å². The number of likely N-dealkylation sites (tertiary alicyclic amines) is 1. The summed E-state index contributed by atoms with van der Waals surface area (Å²) in [7, 11) is 2.17. The first-order valence-electron chi connectivity index (χ1n) is 5.84.